The number of rotatable bonds is 2. The molecule has 0 saturated heterocycles. The van der Waals surface area contributed by atoms with Crippen molar-refractivity contribution in [2.24, 2.45) is 0 Å². The molecule has 0 aliphatic heterocycles. The van der Waals surface area contributed by atoms with Gasteiger partial charge in [0.25, 0.3) is 5.56 Å². The predicted molar refractivity (Wildman–Crippen MR) is 57.3 cm³/mol. The lowest BCUT2D eigenvalue weighted by Crippen LogP contribution is -2.23. The van der Waals surface area contributed by atoms with Gasteiger partial charge in [-0.3, -0.25) is 4.79 Å². The lowest BCUT2D eigenvalue weighted by Gasteiger charge is -2.08. The molecule has 2 rings (SSSR count). The first-order chi connectivity index (χ1) is 8.54. The molecule has 1 aromatic carbocycles. The van der Waals surface area contributed by atoms with Crippen molar-refractivity contribution in [2.45, 2.75) is 6.61 Å². The normalized spacial score (nSPS) is 10.6. The summed E-state index contributed by atoms with van der Waals surface area (Å²) >= 11 is 0. The van der Waals surface area contributed by atoms with Crippen LogP contribution in [0, 0.1) is 11.6 Å². The molecule has 2 N–H and O–H groups in total. The minimum absolute atomic E-state index is 0.253. The predicted octanol–water partition coefficient (Wildman–Crippen LogP) is 0.709. The summed E-state index contributed by atoms with van der Waals surface area (Å²) in [5.41, 5.74) is -1.82. The molecule has 0 aliphatic rings. The monoisotopic (exact) mass is 254 g/mol. The molecular formula is C11H8F2N2O3. The third-order valence-electron chi connectivity index (χ3n) is 2.28. The maximum atomic E-state index is 13.5. The zero-order valence-electron chi connectivity index (χ0n) is 8.97. The third kappa shape index (κ3) is 1.95. The smallest absolute Gasteiger partial charge is 0.275 e. The van der Waals surface area contributed by atoms with Gasteiger partial charge < -0.3 is 10.2 Å². The molecular weight excluding hydrogens is 246 g/mol. The fourth-order valence-corrected chi connectivity index (χ4v) is 1.45. The zero-order chi connectivity index (χ0) is 13.3. The van der Waals surface area contributed by atoms with E-state index in [2.05, 4.69) is 5.10 Å². The highest BCUT2D eigenvalue weighted by Gasteiger charge is 2.15. The van der Waals surface area contributed by atoms with Gasteiger partial charge >= 0.3 is 0 Å². The standard InChI is InChI=1S/C11H8F2N2O3/c12-6-2-1-3-7(13)11(6)15-10(18)4-9(17)8(5-16)14-15/h1-4,16-17H,5H2. The van der Waals surface area contributed by atoms with Gasteiger partial charge in [-0.15, -0.1) is 0 Å². The molecule has 0 bridgehead atoms. The Morgan fingerprint density at radius 1 is 1.28 bits per heavy atom. The van der Waals surface area contributed by atoms with Crippen LogP contribution in [-0.4, -0.2) is 20.0 Å². The van der Waals surface area contributed by atoms with Crippen LogP contribution in [0.25, 0.3) is 5.69 Å². The fourth-order valence-electron chi connectivity index (χ4n) is 1.45. The molecule has 0 atom stereocenters. The summed E-state index contributed by atoms with van der Waals surface area (Å²) < 4.78 is 27.4. The molecule has 1 heterocycles. The Kier molecular flexibility index (Phi) is 3.07. The van der Waals surface area contributed by atoms with Crippen LogP contribution in [0.15, 0.2) is 29.1 Å². The van der Waals surface area contributed by atoms with Crippen molar-refractivity contribution in [3.05, 3.63) is 51.9 Å². The lowest BCUT2D eigenvalue weighted by molar-refractivity contribution is 0.266. The number of hydrogen-bond acceptors (Lipinski definition) is 4. The number of aliphatic hydroxyl groups excluding tert-OH is 1. The van der Waals surface area contributed by atoms with Crippen molar-refractivity contribution >= 4 is 0 Å². The van der Waals surface area contributed by atoms with Crippen molar-refractivity contribution < 1.29 is 19.0 Å². The van der Waals surface area contributed by atoms with Crippen molar-refractivity contribution in [1.29, 1.82) is 0 Å². The molecule has 2 aromatic rings. The molecule has 18 heavy (non-hydrogen) atoms. The van der Waals surface area contributed by atoms with Gasteiger partial charge in [-0.2, -0.15) is 9.78 Å². The second-order valence-electron chi connectivity index (χ2n) is 3.45. The van der Waals surface area contributed by atoms with Crippen LogP contribution in [0.3, 0.4) is 0 Å². The number of benzene rings is 1. The quantitative estimate of drug-likeness (QED) is 0.827. The number of para-hydroxylation sites is 1. The van der Waals surface area contributed by atoms with E-state index in [1.165, 1.54) is 0 Å². The second-order valence-corrected chi connectivity index (χ2v) is 3.45. The molecule has 94 valence electrons. The van der Waals surface area contributed by atoms with E-state index in [9.17, 15) is 18.7 Å². The molecule has 0 aliphatic carbocycles. The van der Waals surface area contributed by atoms with E-state index in [-0.39, 0.29) is 5.69 Å². The van der Waals surface area contributed by atoms with Crippen LogP contribution < -0.4 is 5.56 Å². The van der Waals surface area contributed by atoms with E-state index in [4.69, 9.17) is 5.11 Å². The third-order valence-corrected chi connectivity index (χ3v) is 2.28. The Morgan fingerprint density at radius 3 is 2.44 bits per heavy atom. The van der Waals surface area contributed by atoms with Crippen LogP contribution in [0.5, 0.6) is 5.75 Å². The van der Waals surface area contributed by atoms with Crippen molar-refractivity contribution in [3.63, 3.8) is 0 Å². The van der Waals surface area contributed by atoms with Gasteiger partial charge in [-0.05, 0) is 12.1 Å². The maximum absolute atomic E-state index is 13.5. The SMILES string of the molecule is O=c1cc(O)c(CO)nn1-c1c(F)cccc1F. The average molecular weight is 254 g/mol. The highest BCUT2D eigenvalue weighted by molar-refractivity contribution is 5.35. The van der Waals surface area contributed by atoms with Crippen LogP contribution in [0.4, 0.5) is 8.78 Å². The summed E-state index contributed by atoms with van der Waals surface area (Å²) in [7, 11) is 0. The van der Waals surface area contributed by atoms with Crippen LogP contribution >= 0.6 is 0 Å². The molecule has 0 radical (unpaired) electrons. The van der Waals surface area contributed by atoms with E-state index >= 15 is 0 Å². The number of halogens is 2. The Hall–Kier alpha value is -2.28. The largest absolute Gasteiger partial charge is 0.506 e. The number of nitrogens with zero attached hydrogens (tertiary/aromatic N) is 2. The average Bonchev–Trinajstić information content (AvgIpc) is 2.31. The molecule has 0 unspecified atom stereocenters. The van der Waals surface area contributed by atoms with Crippen LogP contribution in [0.1, 0.15) is 5.69 Å². The van der Waals surface area contributed by atoms with Gasteiger partial charge in [0, 0.05) is 6.07 Å². The first kappa shape index (κ1) is 12.2. The van der Waals surface area contributed by atoms with Gasteiger partial charge in [0.05, 0.1) is 6.61 Å². The van der Waals surface area contributed by atoms with Gasteiger partial charge in [0.2, 0.25) is 0 Å². The van der Waals surface area contributed by atoms with Crippen LogP contribution in [0.2, 0.25) is 0 Å². The highest BCUT2D eigenvalue weighted by atomic mass is 19.1. The van der Waals surface area contributed by atoms with Crippen molar-refractivity contribution in [1.82, 2.24) is 9.78 Å². The summed E-state index contributed by atoms with van der Waals surface area (Å²) in [6.45, 7) is -0.664. The first-order valence-electron chi connectivity index (χ1n) is 4.92. The number of hydrogen-bond donors (Lipinski definition) is 2. The van der Waals surface area contributed by atoms with Gasteiger partial charge in [-0.1, -0.05) is 6.07 Å². The number of aromatic hydroxyl groups is 1. The molecule has 5 nitrogen and oxygen atoms in total. The minimum atomic E-state index is -0.973. The summed E-state index contributed by atoms with van der Waals surface area (Å²) in [5, 5.41) is 21.7. The van der Waals surface area contributed by atoms with E-state index in [1.54, 1.807) is 0 Å². The molecule has 0 spiro atoms. The van der Waals surface area contributed by atoms with E-state index in [0.29, 0.717) is 4.68 Å². The fraction of sp³-hybridized carbons (Fsp3) is 0.0909. The molecule has 0 fully saturated rings. The molecule has 0 amide bonds. The van der Waals surface area contributed by atoms with Crippen LogP contribution in [-0.2, 0) is 6.61 Å². The molecule has 1 aromatic heterocycles. The maximum Gasteiger partial charge on any atom is 0.275 e. The Balaban J connectivity index is 2.75. The van der Waals surface area contributed by atoms with Crippen molar-refractivity contribution in [2.75, 3.05) is 0 Å². The molecule has 7 heteroatoms. The first-order valence-corrected chi connectivity index (χ1v) is 4.92. The Labute approximate surface area is 99.6 Å². The summed E-state index contributed by atoms with van der Waals surface area (Å²) in [5.74, 6) is -2.48. The zero-order valence-corrected chi connectivity index (χ0v) is 8.97. The topological polar surface area (TPSA) is 75.3 Å². The lowest BCUT2D eigenvalue weighted by atomic mass is 10.3. The van der Waals surface area contributed by atoms with E-state index in [0.717, 1.165) is 24.3 Å². The number of aliphatic hydroxyl groups is 1. The molecule has 0 saturated carbocycles. The van der Waals surface area contributed by atoms with E-state index in [1.807, 2.05) is 0 Å². The van der Waals surface area contributed by atoms with E-state index < -0.39 is 35.2 Å². The Bertz CT molecular complexity index is 635. The van der Waals surface area contributed by atoms with Gasteiger partial charge in [-0.25, -0.2) is 8.78 Å². The number of aromatic nitrogens is 2. The summed E-state index contributed by atoms with van der Waals surface area (Å²) in [6.07, 6.45) is 0. The second kappa shape index (κ2) is 4.53. The highest BCUT2D eigenvalue weighted by Crippen LogP contribution is 2.17. The summed E-state index contributed by atoms with van der Waals surface area (Å²) in [6, 6.07) is 3.81. The summed E-state index contributed by atoms with van der Waals surface area (Å²) in [4.78, 5) is 11.5. The minimum Gasteiger partial charge on any atom is -0.506 e. The van der Waals surface area contributed by atoms with Crippen molar-refractivity contribution in [3.8, 4) is 11.4 Å². The van der Waals surface area contributed by atoms with Gasteiger partial charge in [0.15, 0.2) is 11.6 Å². The Morgan fingerprint density at radius 2 is 1.89 bits per heavy atom. The van der Waals surface area contributed by atoms with Gasteiger partial charge in [0.1, 0.15) is 17.1 Å².